The zero-order valence-electron chi connectivity index (χ0n) is 14.3. The highest BCUT2D eigenvalue weighted by Gasteiger charge is 2.24. The van der Waals surface area contributed by atoms with Gasteiger partial charge < -0.3 is 15.5 Å². The SMILES string of the molecule is O=C(/C=C/c1ccccc1)c1ccc(C(O)C(CO)NC(=O)C(Cl)Cl)cc1. The summed E-state index contributed by atoms with van der Waals surface area (Å²) < 4.78 is 0. The fraction of sp³-hybridized carbons (Fsp3) is 0.200. The van der Waals surface area contributed by atoms with Gasteiger partial charge in [0.1, 0.15) is 6.10 Å². The summed E-state index contributed by atoms with van der Waals surface area (Å²) in [6.45, 7) is -0.506. The van der Waals surface area contributed by atoms with E-state index in [1.54, 1.807) is 30.3 Å². The van der Waals surface area contributed by atoms with Crippen molar-refractivity contribution in [2.45, 2.75) is 17.0 Å². The van der Waals surface area contributed by atoms with Crippen molar-refractivity contribution in [1.29, 1.82) is 0 Å². The van der Waals surface area contributed by atoms with Gasteiger partial charge in [-0.25, -0.2) is 0 Å². The Morgan fingerprint density at radius 2 is 1.67 bits per heavy atom. The Labute approximate surface area is 167 Å². The summed E-state index contributed by atoms with van der Waals surface area (Å²) in [6, 6.07) is 14.7. The molecule has 0 spiro atoms. The Morgan fingerprint density at radius 3 is 2.22 bits per heavy atom. The maximum absolute atomic E-state index is 12.2. The number of alkyl halides is 2. The molecule has 2 aromatic carbocycles. The van der Waals surface area contributed by atoms with Gasteiger partial charge in [0.25, 0.3) is 5.91 Å². The number of nitrogens with one attached hydrogen (secondary N) is 1. The van der Waals surface area contributed by atoms with Crippen molar-refractivity contribution in [2.24, 2.45) is 0 Å². The summed E-state index contributed by atoms with van der Waals surface area (Å²) in [4.78, 5) is 22.5. The number of ketones is 1. The highest BCUT2D eigenvalue weighted by molar-refractivity contribution is 6.53. The third-order valence-electron chi connectivity index (χ3n) is 3.87. The van der Waals surface area contributed by atoms with Gasteiger partial charge in [-0.3, -0.25) is 9.59 Å². The number of carbonyl (C=O) groups is 2. The molecule has 2 atom stereocenters. The van der Waals surface area contributed by atoms with Gasteiger partial charge in [0.15, 0.2) is 10.6 Å². The maximum Gasteiger partial charge on any atom is 0.253 e. The average Bonchev–Trinajstić information content (AvgIpc) is 2.70. The van der Waals surface area contributed by atoms with Crippen molar-refractivity contribution in [1.82, 2.24) is 5.32 Å². The molecule has 2 unspecified atom stereocenters. The van der Waals surface area contributed by atoms with E-state index in [0.29, 0.717) is 11.1 Å². The fourth-order valence-electron chi connectivity index (χ4n) is 2.38. The number of amides is 1. The van der Waals surface area contributed by atoms with Crippen molar-refractivity contribution in [3.05, 3.63) is 77.4 Å². The lowest BCUT2D eigenvalue weighted by atomic mass is 10.00. The highest BCUT2D eigenvalue weighted by atomic mass is 35.5. The maximum atomic E-state index is 12.2. The van der Waals surface area contributed by atoms with Crippen LogP contribution < -0.4 is 5.32 Å². The van der Waals surface area contributed by atoms with Gasteiger partial charge in [-0.15, -0.1) is 0 Å². The van der Waals surface area contributed by atoms with Crippen LogP contribution in [0.1, 0.15) is 27.6 Å². The molecule has 0 aliphatic rings. The number of carbonyl (C=O) groups excluding carboxylic acids is 2. The van der Waals surface area contributed by atoms with E-state index in [2.05, 4.69) is 5.32 Å². The molecule has 0 heterocycles. The Hall–Kier alpha value is -2.18. The van der Waals surface area contributed by atoms with Crippen molar-refractivity contribution >= 4 is 41.0 Å². The summed E-state index contributed by atoms with van der Waals surface area (Å²) in [6.07, 6.45) is 2.01. The minimum Gasteiger partial charge on any atom is -0.394 e. The summed E-state index contributed by atoms with van der Waals surface area (Å²) >= 11 is 10.9. The molecule has 2 aromatic rings. The van der Waals surface area contributed by atoms with E-state index in [1.165, 1.54) is 6.08 Å². The van der Waals surface area contributed by atoms with Crippen LogP contribution in [-0.2, 0) is 4.79 Å². The molecule has 1 amide bonds. The van der Waals surface area contributed by atoms with Crippen LogP contribution in [-0.4, -0.2) is 39.4 Å². The summed E-state index contributed by atoms with van der Waals surface area (Å²) in [5.74, 6) is -0.895. The van der Waals surface area contributed by atoms with Crippen LogP contribution in [0, 0.1) is 0 Å². The second kappa shape index (κ2) is 10.2. The first kappa shape index (κ1) is 21.1. The fourth-order valence-corrected chi connectivity index (χ4v) is 2.51. The van der Waals surface area contributed by atoms with E-state index < -0.39 is 29.5 Å². The monoisotopic (exact) mass is 407 g/mol. The standard InChI is InChI=1S/C20H19Cl2NO4/c21-19(22)20(27)23-16(12-24)18(26)15-9-7-14(8-10-15)17(25)11-6-13-4-2-1-3-5-13/h1-11,16,18-19,24,26H,12H2,(H,23,27)/b11-6+. The van der Waals surface area contributed by atoms with E-state index in [1.807, 2.05) is 30.3 Å². The smallest absolute Gasteiger partial charge is 0.253 e. The Bertz CT molecular complexity index is 791. The first-order valence-corrected chi connectivity index (χ1v) is 9.04. The molecule has 0 saturated heterocycles. The molecule has 0 aromatic heterocycles. The molecule has 2 rings (SSSR count). The Balaban J connectivity index is 2.05. The molecule has 5 nitrogen and oxygen atoms in total. The number of halogens is 2. The van der Waals surface area contributed by atoms with Crippen molar-refractivity contribution in [3.63, 3.8) is 0 Å². The van der Waals surface area contributed by atoms with Gasteiger partial charge in [-0.2, -0.15) is 0 Å². The van der Waals surface area contributed by atoms with Crippen LogP contribution in [0.3, 0.4) is 0 Å². The molecule has 0 saturated carbocycles. The number of hydrogen-bond acceptors (Lipinski definition) is 4. The van der Waals surface area contributed by atoms with Crippen LogP contribution in [0.4, 0.5) is 0 Å². The van der Waals surface area contributed by atoms with Crippen LogP contribution in [0.25, 0.3) is 6.08 Å². The molecule has 0 aliphatic carbocycles. The van der Waals surface area contributed by atoms with Crippen molar-refractivity contribution in [2.75, 3.05) is 6.61 Å². The zero-order chi connectivity index (χ0) is 19.8. The minimum atomic E-state index is -1.30. The van der Waals surface area contributed by atoms with E-state index in [9.17, 15) is 19.8 Å². The molecule has 0 aliphatic heterocycles. The summed E-state index contributed by atoms with van der Waals surface area (Å²) in [5, 5.41) is 22.1. The molecule has 0 bridgehead atoms. The molecule has 0 radical (unpaired) electrons. The molecular weight excluding hydrogens is 389 g/mol. The van der Waals surface area contributed by atoms with Gasteiger partial charge in [0.05, 0.1) is 12.6 Å². The third kappa shape index (κ3) is 6.19. The quantitative estimate of drug-likeness (QED) is 0.356. The Kier molecular flexibility index (Phi) is 8.00. The lowest BCUT2D eigenvalue weighted by molar-refractivity contribution is -0.121. The topological polar surface area (TPSA) is 86.6 Å². The molecule has 0 fully saturated rings. The predicted octanol–water partition coefficient (Wildman–Crippen LogP) is 2.90. The summed E-state index contributed by atoms with van der Waals surface area (Å²) in [5.41, 5.74) is 1.79. The average molecular weight is 408 g/mol. The van der Waals surface area contributed by atoms with Gasteiger partial charge in [-0.1, -0.05) is 83.9 Å². The van der Waals surface area contributed by atoms with Gasteiger partial charge in [0.2, 0.25) is 0 Å². The number of aliphatic hydroxyl groups excluding tert-OH is 2. The molecule has 142 valence electrons. The normalized spacial score (nSPS) is 13.5. The minimum absolute atomic E-state index is 0.181. The van der Waals surface area contributed by atoms with E-state index in [4.69, 9.17) is 23.2 Å². The van der Waals surface area contributed by atoms with Crippen LogP contribution in [0.5, 0.6) is 0 Å². The van der Waals surface area contributed by atoms with Gasteiger partial charge >= 0.3 is 0 Å². The van der Waals surface area contributed by atoms with Gasteiger partial charge in [-0.05, 0) is 17.2 Å². The number of benzene rings is 2. The number of rotatable bonds is 8. The van der Waals surface area contributed by atoms with Crippen molar-refractivity contribution < 1.29 is 19.8 Å². The number of allylic oxidation sites excluding steroid dienone is 1. The first-order chi connectivity index (χ1) is 12.9. The summed E-state index contributed by atoms with van der Waals surface area (Å²) in [7, 11) is 0. The molecule has 7 heteroatoms. The second-order valence-electron chi connectivity index (χ2n) is 5.77. The second-order valence-corrected chi connectivity index (χ2v) is 6.87. The molecule has 27 heavy (non-hydrogen) atoms. The lowest BCUT2D eigenvalue weighted by Crippen LogP contribution is -2.44. The Morgan fingerprint density at radius 1 is 1.04 bits per heavy atom. The van der Waals surface area contributed by atoms with Crippen molar-refractivity contribution in [3.8, 4) is 0 Å². The van der Waals surface area contributed by atoms with E-state index >= 15 is 0 Å². The number of hydrogen-bond donors (Lipinski definition) is 3. The third-order valence-corrected chi connectivity index (χ3v) is 4.26. The lowest BCUT2D eigenvalue weighted by Gasteiger charge is -2.23. The largest absolute Gasteiger partial charge is 0.394 e. The number of aliphatic hydroxyl groups is 2. The van der Waals surface area contributed by atoms with Crippen LogP contribution >= 0.6 is 23.2 Å². The van der Waals surface area contributed by atoms with Crippen LogP contribution in [0.15, 0.2) is 60.7 Å². The molecule has 3 N–H and O–H groups in total. The van der Waals surface area contributed by atoms with E-state index in [0.717, 1.165) is 5.56 Å². The zero-order valence-corrected chi connectivity index (χ0v) is 15.8. The molecular formula is C20H19Cl2NO4. The van der Waals surface area contributed by atoms with Crippen LogP contribution in [0.2, 0.25) is 0 Å². The first-order valence-electron chi connectivity index (χ1n) is 8.17. The van der Waals surface area contributed by atoms with E-state index in [-0.39, 0.29) is 5.78 Å². The van der Waals surface area contributed by atoms with Gasteiger partial charge in [0, 0.05) is 5.56 Å². The highest BCUT2D eigenvalue weighted by Crippen LogP contribution is 2.19. The predicted molar refractivity (Wildman–Crippen MR) is 106 cm³/mol.